The van der Waals surface area contributed by atoms with Crippen molar-refractivity contribution < 1.29 is 36.6 Å². The smallest absolute Gasteiger partial charge is 0.450 e. The van der Waals surface area contributed by atoms with Gasteiger partial charge in [-0.2, -0.15) is 13.2 Å². The second-order valence-corrected chi connectivity index (χ2v) is 8.20. The fourth-order valence-electron chi connectivity index (χ4n) is 3.41. The van der Waals surface area contributed by atoms with E-state index < -0.39 is 28.9 Å². The summed E-state index contributed by atoms with van der Waals surface area (Å²) in [5.74, 6) is -1.69. The van der Waals surface area contributed by atoms with Gasteiger partial charge in [0, 0.05) is 16.6 Å². The second kappa shape index (κ2) is 9.46. The van der Waals surface area contributed by atoms with Crippen molar-refractivity contribution in [3.05, 3.63) is 86.7 Å². The standard InChI is InChI=1S/C25H16BrF3O6/c1-32-17-9-14(10-18(11-17)33-2)24(31)34-16-7-8-19-20(12-16)35-23(25(27,28)29)21(22(19)30)13-3-5-15(26)6-4-13/h3-12H,1-2H3. The highest BCUT2D eigenvalue weighted by molar-refractivity contribution is 9.10. The molecule has 4 rings (SSSR count). The molecule has 0 spiro atoms. The van der Waals surface area contributed by atoms with Crippen LogP contribution in [0.4, 0.5) is 13.2 Å². The summed E-state index contributed by atoms with van der Waals surface area (Å²) >= 11 is 3.22. The molecule has 0 radical (unpaired) electrons. The number of carbonyl (C=O) groups is 1. The molecule has 0 amide bonds. The predicted molar refractivity (Wildman–Crippen MR) is 125 cm³/mol. The number of hydrogen-bond acceptors (Lipinski definition) is 6. The zero-order valence-corrected chi connectivity index (χ0v) is 19.8. The van der Waals surface area contributed by atoms with E-state index in [0.29, 0.717) is 16.0 Å². The molecule has 0 bridgehead atoms. The van der Waals surface area contributed by atoms with Gasteiger partial charge in [0.2, 0.25) is 11.2 Å². The number of halogens is 4. The van der Waals surface area contributed by atoms with Gasteiger partial charge >= 0.3 is 12.1 Å². The molecule has 10 heteroatoms. The molecule has 0 aliphatic heterocycles. The Morgan fingerprint density at radius 1 is 0.886 bits per heavy atom. The molecule has 0 aliphatic rings. The van der Waals surface area contributed by atoms with Crippen LogP contribution in [-0.4, -0.2) is 20.2 Å². The summed E-state index contributed by atoms with van der Waals surface area (Å²) in [4.78, 5) is 25.7. The zero-order valence-electron chi connectivity index (χ0n) is 18.2. The molecule has 6 nitrogen and oxygen atoms in total. The Labute approximate surface area is 205 Å². The number of esters is 1. The first-order valence-electron chi connectivity index (χ1n) is 10.00. The van der Waals surface area contributed by atoms with Crippen LogP contribution in [0, 0.1) is 0 Å². The van der Waals surface area contributed by atoms with Crippen LogP contribution in [0.15, 0.2) is 74.3 Å². The highest BCUT2D eigenvalue weighted by Crippen LogP contribution is 2.38. The molecule has 0 unspecified atom stereocenters. The van der Waals surface area contributed by atoms with E-state index in [4.69, 9.17) is 18.6 Å². The summed E-state index contributed by atoms with van der Waals surface area (Å²) in [5, 5.41) is -0.0984. The van der Waals surface area contributed by atoms with Gasteiger partial charge in [-0.25, -0.2) is 4.79 Å². The van der Waals surface area contributed by atoms with Gasteiger partial charge in [-0.1, -0.05) is 28.1 Å². The number of benzene rings is 3. The lowest BCUT2D eigenvalue weighted by Gasteiger charge is -2.13. The van der Waals surface area contributed by atoms with Gasteiger partial charge in [0.05, 0.1) is 30.7 Å². The molecule has 0 aliphatic carbocycles. The maximum atomic E-state index is 13.8. The number of rotatable bonds is 5. The van der Waals surface area contributed by atoms with Gasteiger partial charge < -0.3 is 18.6 Å². The van der Waals surface area contributed by atoms with Gasteiger partial charge in [-0.3, -0.25) is 4.79 Å². The summed E-state index contributed by atoms with van der Waals surface area (Å²) in [6, 6.07) is 13.8. The van der Waals surface area contributed by atoms with E-state index in [9.17, 15) is 22.8 Å². The van der Waals surface area contributed by atoms with Crippen molar-refractivity contribution in [1.82, 2.24) is 0 Å². The molecule has 180 valence electrons. The zero-order chi connectivity index (χ0) is 25.3. The molecule has 0 saturated carbocycles. The molecule has 0 N–H and O–H groups in total. The summed E-state index contributed by atoms with van der Waals surface area (Å²) < 4.78 is 62.9. The maximum Gasteiger partial charge on any atom is 0.450 e. The third kappa shape index (κ3) is 5.02. The van der Waals surface area contributed by atoms with Crippen LogP contribution in [-0.2, 0) is 6.18 Å². The number of methoxy groups -OCH3 is 2. The van der Waals surface area contributed by atoms with E-state index in [2.05, 4.69) is 15.9 Å². The molecule has 1 heterocycles. The predicted octanol–water partition coefficient (Wildman–Crippen LogP) is 6.48. The largest absolute Gasteiger partial charge is 0.497 e. The quantitative estimate of drug-likeness (QED) is 0.210. The van der Waals surface area contributed by atoms with E-state index in [-0.39, 0.29) is 27.8 Å². The molecule has 0 saturated heterocycles. The highest BCUT2D eigenvalue weighted by atomic mass is 79.9. The number of hydrogen-bond donors (Lipinski definition) is 0. The van der Waals surface area contributed by atoms with Crippen LogP contribution in [0.25, 0.3) is 22.1 Å². The van der Waals surface area contributed by atoms with Gasteiger partial charge in [0.15, 0.2) is 0 Å². The molecule has 1 aromatic heterocycles. The summed E-state index contributed by atoms with van der Waals surface area (Å²) in [6.45, 7) is 0. The van der Waals surface area contributed by atoms with E-state index in [1.807, 2.05) is 0 Å². The highest BCUT2D eigenvalue weighted by Gasteiger charge is 2.39. The van der Waals surface area contributed by atoms with Crippen molar-refractivity contribution in [1.29, 1.82) is 0 Å². The average molecular weight is 549 g/mol. The Balaban J connectivity index is 1.78. The molecule has 0 atom stereocenters. The monoisotopic (exact) mass is 548 g/mol. The van der Waals surface area contributed by atoms with E-state index in [1.165, 1.54) is 62.8 Å². The third-order valence-corrected chi connectivity index (χ3v) is 5.58. The average Bonchev–Trinajstić information content (AvgIpc) is 2.83. The summed E-state index contributed by atoms with van der Waals surface area (Å²) in [5.41, 5.74) is -1.71. The Morgan fingerprint density at radius 3 is 2.09 bits per heavy atom. The maximum absolute atomic E-state index is 13.8. The second-order valence-electron chi connectivity index (χ2n) is 7.29. The van der Waals surface area contributed by atoms with Crippen LogP contribution in [0.1, 0.15) is 16.1 Å². The van der Waals surface area contributed by atoms with Crippen LogP contribution in [0.3, 0.4) is 0 Å². The Bertz CT molecular complexity index is 1450. The molecule has 35 heavy (non-hydrogen) atoms. The normalized spacial score (nSPS) is 11.4. The number of fused-ring (bicyclic) bond motifs is 1. The van der Waals surface area contributed by atoms with E-state index in [1.54, 1.807) is 6.07 Å². The van der Waals surface area contributed by atoms with E-state index in [0.717, 1.165) is 6.07 Å². The minimum absolute atomic E-state index is 0.0543. The van der Waals surface area contributed by atoms with Gasteiger partial charge in [0.25, 0.3) is 0 Å². The van der Waals surface area contributed by atoms with Crippen molar-refractivity contribution in [2.75, 3.05) is 14.2 Å². The Morgan fingerprint density at radius 2 is 1.51 bits per heavy atom. The molecular formula is C25H16BrF3O6. The summed E-state index contributed by atoms with van der Waals surface area (Å²) in [6.07, 6.45) is -4.94. The SMILES string of the molecule is COc1cc(OC)cc(C(=O)Oc2ccc3c(=O)c(-c4ccc(Br)cc4)c(C(F)(F)F)oc3c2)c1. The van der Waals surface area contributed by atoms with Gasteiger partial charge in [-0.15, -0.1) is 0 Å². The number of alkyl halides is 3. The fourth-order valence-corrected chi connectivity index (χ4v) is 3.67. The van der Waals surface area contributed by atoms with Crippen molar-refractivity contribution in [3.63, 3.8) is 0 Å². The lowest BCUT2D eigenvalue weighted by Crippen LogP contribution is -2.16. The van der Waals surface area contributed by atoms with Crippen LogP contribution >= 0.6 is 15.9 Å². The minimum Gasteiger partial charge on any atom is -0.497 e. The third-order valence-electron chi connectivity index (χ3n) is 5.05. The lowest BCUT2D eigenvalue weighted by molar-refractivity contribution is -0.152. The number of ether oxygens (including phenoxy) is 3. The summed E-state index contributed by atoms with van der Waals surface area (Å²) in [7, 11) is 2.83. The molecule has 3 aromatic carbocycles. The minimum atomic E-state index is -4.94. The van der Waals surface area contributed by atoms with Crippen molar-refractivity contribution in [3.8, 4) is 28.4 Å². The van der Waals surface area contributed by atoms with Crippen LogP contribution in [0.5, 0.6) is 17.2 Å². The first-order valence-corrected chi connectivity index (χ1v) is 10.8. The van der Waals surface area contributed by atoms with Crippen LogP contribution in [0.2, 0.25) is 0 Å². The first-order chi connectivity index (χ1) is 16.6. The Kier molecular flexibility index (Phi) is 6.58. The van der Waals surface area contributed by atoms with Crippen LogP contribution < -0.4 is 19.6 Å². The Hall–Kier alpha value is -3.79. The fraction of sp³-hybridized carbons (Fsp3) is 0.120. The van der Waals surface area contributed by atoms with Gasteiger partial charge in [0.1, 0.15) is 22.8 Å². The molecular weight excluding hydrogens is 533 g/mol. The van der Waals surface area contributed by atoms with Crippen molar-refractivity contribution in [2.45, 2.75) is 6.18 Å². The van der Waals surface area contributed by atoms with Crippen molar-refractivity contribution >= 4 is 32.9 Å². The lowest BCUT2D eigenvalue weighted by atomic mass is 10.0. The molecule has 0 fully saturated rings. The van der Waals surface area contributed by atoms with Gasteiger partial charge in [-0.05, 0) is 42.0 Å². The number of carbonyl (C=O) groups excluding carboxylic acids is 1. The first kappa shape index (κ1) is 24.3. The van der Waals surface area contributed by atoms with E-state index >= 15 is 0 Å². The molecule has 4 aromatic rings. The van der Waals surface area contributed by atoms with Crippen molar-refractivity contribution in [2.24, 2.45) is 0 Å². The topological polar surface area (TPSA) is 75.0 Å².